The molecule has 0 heterocycles. The van der Waals surface area contributed by atoms with E-state index in [1.165, 1.54) is 0 Å². The Kier molecular flexibility index (Phi) is 7.08. The number of carbonyl (C=O) groups excluding carboxylic acids is 3. The smallest absolute Gasteiger partial charge is 0.409 e. The largest absolute Gasteiger partial charge is 0.461 e. The Balaban J connectivity index is 2.22. The summed E-state index contributed by atoms with van der Waals surface area (Å²) in [6, 6.07) is 9.42. The van der Waals surface area contributed by atoms with Crippen LogP contribution in [0.1, 0.15) is 29.3 Å². The number of amides is 2. The summed E-state index contributed by atoms with van der Waals surface area (Å²) in [5.41, 5.74) is 0.107. The zero-order valence-electron chi connectivity index (χ0n) is 15.3. The number of rotatable bonds is 6. The summed E-state index contributed by atoms with van der Waals surface area (Å²) in [5.74, 6) is -4.70. The molecule has 0 bridgehead atoms. The van der Waals surface area contributed by atoms with Gasteiger partial charge in [0.05, 0.1) is 6.42 Å². The quantitative estimate of drug-likeness (QED) is 0.535. The second-order valence-electron chi connectivity index (χ2n) is 6.11. The van der Waals surface area contributed by atoms with Crippen molar-refractivity contribution in [3.05, 3.63) is 71.5 Å². The third-order valence-corrected chi connectivity index (χ3v) is 3.92. The average molecular weight is 411 g/mol. The van der Waals surface area contributed by atoms with Gasteiger partial charge in [-0.05, 0) is 23.8 Å². The Morgan fingerprint density at radius 2 is 1.69 bits per heavy atom. The Morgan fingerprint density at radius 1 is 1.03 bits per heavy atom. The van der Waals surface area contributed by atoms with Crippen LogP contribution in [0.5, 0.6) is 0 Å². The fraction of sp³-hybridized carbons (Fsp3) is 0.250. The maximum Gasteiger partial charge on any atom is 0.409 e. The highest BCUT2D eigenvalue weighted by atomic mass is 19.4. The van der Waals surface area contributed by atoms with E-state index in [0.29, 0.717) is 11.6 Å². The number of ether oxygens (including phenoxy) is 1. The first kappa shape index (κ1) is 22.1. The van der Waals surface area contributed by atoms with Crippen LogP contribution in [0.2, 0.25) is 0 Å². The number of nitrogens with zero attached hydrogens (tertiary/aromatic N) is 1. The molecule has 2 amide bonds. The lowest BCUT2D eigenvalue weighted by atomic mass is 10.1. The second-order valence-corrected chi connectivity index (χ2v) is 6.11. The standard InChI is InChI=1S/C20H17F4NO4/c1-13(26)25(19(28)15-8-5-9-16(21)10-15)17(20(22,23)24)11-18(27)29-12-14-6-3-2-4-7-14/h2-10,17H,11-12H2,1H3. The van der Waals surface area contributed by atoms with Crippen molar-refractivity contribution >= 4 is 17.8 Å². The van der Waals surface area contributed by atoms with Gasteiger partial charge in [0, 0.05) is 12.5 Å². The van der Waals surface area contributed by atoms with Crippen LogP contribution in [0, 0.1) is 5.82 Å². The van der Waals surface area contributed by atoms with Crippen LogP contribution in [0.4, 0.5) is 17.6 Å². The van der Waals surface area contributed by atoms with Gasteiger partial charge >= 0.3 is 12.1 Å². The minimum atomic E-state index is -5.10. The molecule has 0 aliphatic carbocycles. The van der Waals surface area contributed by atoms with Gasteiger partial charge in [0.25, 0.3) is 5.91 Å². The fourth-order valence-corrected chi connectivity index (χ4v) is 2.57. The second kappa shape index (κ2) is 9.31. The van der Waals surface area contributed by atoms with Crippen LogP contribution in [-0.4, -0.2) is 34.9 Å². The highest BCUT2D eigenvalue weighted by Gasteiger charge is 2.48. The zero-order valence-corrected chi connectivity index (χ0v) is 15.3. The van der Waals surface area contributed by atoms with Gasteiger partial charge in [0.15, 0.2) is 0 Å². The molecule has 0 aliphatic rings. The van der Waals surface area contributed by atoms with Gasteiger partial charge in [-0.2, -0.15) is 13.2 Å². The van der Waals surface area contributed by atoms with Crippen molar-refractivity contribution in [1.29, 1.82) is 0 Å². The van der Waals surface area contributed by atoms with Gasteiger partial charge in [-0.3, -0.25) is 19.3 Å². The van der Waals surface area contributed by atoms with E-state index >= 15 is 0 Å². The summed E-state index contributed by atoms with van der Waals surface area (Å²) < 4.78 is 58.9. The number of benzene rings is 2. The van der Waals surface area contributed by atoms with E-state index in [0.717, 1.165) is 25.1 Å². The van der Waals surface area contributed by atoms with Crippen LogP contribution in [0.15, 0.2) is 54.6 Å². The summed E-state index contributed by atoms with van der Waals surface area (Å²) in [7, 11) is 0. The van der Waals surface area contributed by atoms with E-state index in [-0.39, 0.29) is 11.5 Å². The van der Waals surface area contributed by atoms with E-state index < -0.39 is 47.8 Å². The number of esters is 1. The molecule has 2 rings (SSSR count). The molecule has 5 nitrogen and oxygen atoms in total. The predicted octanol–water partition coefficient (Wildman–Crippen LogP) is 3.88. The average Bonchev–Trinajstić information content (AvgIpc) is 2.65. The number of carbonyl (C=O) groups is 3. The lowest BCUT2D eigenvalue weighted by molar-refractivity contribution is -0.189. The number of hydrogen-bond donors (Lipinski definition) is 0. The summed E-state index contributed by atoms with van der Waals surface area (Å²) in [5, 5.41) is 0. The van der Waals surface area contributed by atoms with Gasteiger partial charge in [0.1, 0.15) is 18.5 Å². The van der Waals surface area contributed by atoms with Gasteiger partial charge < -0.3 is 4.74 Å². The maximum absolute atomic E-state index is 13.6. The highest BCUT2D eigenvalue weighted by Crippen LogP contribution is 2.29. The van der Waals surface area contributed by atoms with Gasteiger partial charge in [-0.25, -0.2) is 4.39 Å². The molecule has 0 N–H and O–H groups in total. The molecule has 2 aromatic rings. The van der Waals surface area contributed by atoms with Crippen LogP contribution >= 0.6 is 0 Å². The van der Waals surface area contributed by atoms with Crippen molar-refractivity contribution < 1.29 is 36.7 Å². The van der Waals surface area contributed by atoms with Crippen LogP contribution in [0.3, 0.4) is 0 Å². The van der Waals surface area contributed by atoms with E-state index in [9.17, 15) is 31.9 Å². The highest BCUT2D eigenvalue weighted by molar-refractivity contribution is 6.04. The van der Waals surface area contributed by atoms with Crippen LogP contribution in [0.25, 0.3) is 0 Å². The van der Waals surface area contributed by atoms with Crippen molar-refractivity contribution in [3.63, 3.8) is 0 Å². The van der Waals surface area contributed by atoms with Crippen molar-refractivity contribution in [3.8, 4) is 0 Å². The van der Waals surface area contributed by atoms with E-state index in [4.69, 9.17) is 4.74 Å². The Hall–Kier alpha value is -3.23. The molecule has 0 fully saturated rings. The molecule has 154 valence electrons. The number of imide groups is 1. The molecular formula is C20H17F4NO4. The lowest BCUT2D eigenvalue weighted by Crippen LogP contribution is -2.52. The molecule has 1 unspecified atom stereocenters. The van der Waals surface area contributed by atoms with Crippen molar-refractivity contribution in [2.24, 2.45) is 0 Å². The number of hydrogen-bond acceptors (Lipinski definition) is 4. The SMILES string of the molecule is CC(=O)N(C(=O)c1cccc(F)c1)C(CC(=O)OCc1ccccc1)C(F)(F)F. The van der Waals surface area contributed by atoms with Gasteiger partial charge in [-0.15, -0.1) is 0 Å². The third-order valence-electron chi connectivity index (χ3n) is 3.92. The Labute approximate surface area is 163 Å². The first-order valence-electron chi connectivity index (χ1n) is 8.45. The van der Waals surface area contributed by atoms with E-state index in [1.807, 2.05) is 0 Å². The number of alkyl halides is 3. The molecule has 0 saturated heterocycles. The first-order chi connectivity index (χ1) is 13.6. The number of halogens is 4. The third kappa shape index (κ3) is 6.13. The zero-order chi connectivity index (χ0) is 21.6. The molecule has 9 heteroatoms. The maximum atomic E-state index is 13.6. The molecule has 2 aromatic carbocycles. The predicted molar refractivity (Wildman–Crippen MR) is 93.9 cm³/mol. The molecule has 0 radical (unpaired) electrons. The lowest BCUT2D eigenvalue weighted by Gasteiger charge is -2.30. The molecule has 0 aromatic heterocycles. The molecule has 1 atom stereocenters. The normalized spacial score (nSPS) is 12.2. The minimum Gasteiger partial charge on any atom is -0.461 e. The van der Waals surface area contributed by atoms with E-state index in [1.54, 1.807) is 30.3 Å². The summed E-state index contributed by atoms with van der Waals surface area (Å²) in [6.45, 7) is 0.493. The summed E-state index contributed by atoms with van der Waals surface area (Å²) in [6.07, 6.45) is -6.38. The molecule has 0 spiro atoms. The van der Waals surface area contributed by atoms with Gasteiger partial charge in [-0.1, -0.05) is 36.4 Å². The topological polar surface area (TPSA) is 63.7 Å². The molecule has 29 heavy (non-hydrogen) atoms. The van der Waals surface area contributed by atoms with Crippen LogP contribution in [-0.2, 0) is 20.9 Å². The first-order valence-corrected chi connectivity index (χ1v) is 8.45. The summed E-state index contributed by atoms with van der Waals surface area (Å²) >= 11 is 0. The van der Waals surface area contributed by atoms with Crippen molar-refractivity contribution in [2.45, 2.75) is 32.2 Å². The molecule has 0 saturated carbocycles. The minimum absolute atomic E-state index is 0.0987. The Bertz CT molecular complexity index is 884. The van der Waals surface area contributed by atoms with Crippen molar-refractivity contribution in [1.82, 2.24) is 4.90 Å². The van der Waals surface area contributed by atoms with Gasteiger partial charge in [0.2, 0.25) is 5.91 Å². The molecular weight excluding hydrogens is 394 g/mol. The Morgan fingerprint density at radius 3 is 2.24 bits per heavy atom. The fourth-order valence-electron chi connectivity index (χ4n) is 2.57. The molecule has 0 aliphatic heterocycles. The van der Waals surface area contributed by atoms with E-state index in [2.05, 4.69) is 0 Å². The summed E-state index contributed by atoms with van der Waals surface area (Å²) in [4.78, 5) is 36.2. The van der Waals surface area contributed by atoms with Crippen molar-refractivity contribution in [2.75, 3.05) is 0 Å². The monoisotopic (exact) mass is 411 g/mol. The van der Waals surface area contributed by atoms with Crippen LogP contribution < -0.4 is 0 Å².